The summed E-state index contributed by atoms with van der Waals surface area (Å²) < 4.78 is 1.61. The van der Waals surface area contributed by atoms with E-state index in [1.165, 1.54) is 11.8 Å². The van der Waals surface area contributed by atoms with Gasteiger partial charge in [0.15, 0.2) is 5.16 Å². The van der Waals surface area contributed by atoms with E-state index >= 15 is 0 Å². The molecule has 3 rings (SSSR count). The summed E-state index contributed by atoms with van der Waals surface area (Å²) in [5, 5.41) is 0.750. The average molecular weight is 396 g/mol. The summed E-state index contributed by atoms with van der Waals surface area (Å²) in [6.07, 6.45) is 0. The van der Waals surface area contributed by atoms with E-state index in [0.717, 1.165) is 11.3 Å². The molecule has 1 amide bonds. The Labute approximate surface area is 169 Å². The maximum absolute atomic E-state index is 13.2. The van der Waals surface area contributed by atoms with Crippen molar-refractivity contribution in [3.63, 3.8) is 0 Å². The third kappa shape index (κ3) is 3.97. The number of carbonyl (C=O) groups excluding carboxylic acids is 1. The van der Waals surface area contributed by atoms with Crippen LogP contribution in [0.5, 0.6) is 0 Å². The van der Waals surface area contributed by atoms with Gasteiger partial charge in [-0.2, -0.15) is 0 Å². The van der Waals surface area contributed by atoms with Gasteiger partial charge in [-0.15, -0.1) is 0 Å². The van der Waals surface area contributed by atoms with Crippen LogP contribution in [0.3, 0.4) is 0 Å². The van der Waals surface area contributed by atoms with Crippen molar-refractivity contribution in [1.29, 1.82) is 0 Å². The fourth-order valence-electron chi connectivity index (χ4n) is 3.11. The third-order valence-corrected chi connectivity index (χ3v) is 5.78. The van der Waals surface area contributed by atoms with Crippen molar-refractivity contribution < 1.29 is 4.79 Å². The molecule has 1 atom stereocenters. The van der Waals surface area contributed by atoms with Gasteiger partial charge in [-0.3, -0.25) is 14.2 Å². The van der Waals surface area contributed by atoms with Gasteiger partial charge in [0.05, 0.1) is 21.8 Å². The molecule has 1 unspecified atom stereocenters. The first kappa shape index (κ1) is 20.1. The maximum atomic E-state index is 13.2. The number of amides is 1. The average Bonchev–Trinajstić information content (AvgIpc) is 2.70. The van der Waals surface area contributed by atoms with Crippen LogP contribution in [0.25, 0.3) is 16.6 Å². The Bertz CT molecular complexity index is 1040. The van der Waals surface area contributed by atoms with Gasteiger partial charge in [0.25, 0.3) is 5.56 Å². The maximum Gasteiger partial charge on any atom is 0.266 e. The highest BCUT2D eigenvalue weighted by atomic mass is 32.2. The van der Waals surface area contributed by atoms with Gasteiger partial charge >= 0.3 is 0 Å². The molecule has 3 aromatic rings. The van der Waals surface area contributed by atoms with Crippen molar-refractivity contribution in [3.05, 3.63) is 64.4 Å². The molecule has 0 bridgehead atoms. The summed E-state index contributed by atoms with van der Waals surface area (Å²) >= 11 is 1.33. The van der Waals surface area contributed by atoms with Crippen molar-refractivity contribution >= 4 is 28.6 Å². The zero-order valence-electron chi connectivity index (χ0n) is 16.7. The molecule has 146 valence electrons. The molecule has 28 heavy (non-hydrogen) atoms. The van der Waals surface area contributed by atoms with E-state index in [9.17, 15) is 9.59 Å². The van der Waals surface area contributed by atoms with Crippen molar-refractivity contribution in [3.8, 4) is 5.69 Å². The number of benzene rings is 2. The van der Waals surface area contributed by atoms with Crippen LogP contribution in [0.1, 0.15) is 26.3 Å². The first-order valence-electron chi connectivity index (χ1n) is 9.50. The largest absolute Gasteiger partial charge is 0.342 e. The lowest BCUT2D eigenvalue weighted by Crippen LogP contribution is -2.36. The standard InChI is InChI=1S/C22H25N3O2S/c1-5-24(6-2)20(26)16(4)28-22-23-19-10-8-7-9-18(19)21(27)25(22)17-13-11-15(3)12-14-17/h7-14,16H,5-6H2,1-4H3. The van der Waals surface area contributed by atoms with Gasteiger partial charge in [-0.1, -0.05) is 41.6 Å². The molecule has 0 saturated heterocycles. The minimum absolute atomic E-state index is 0.0489. The van der Waals surface area contributed by atoms with Crippen LogP contribution in [0, 0.1) is 6.92 Å². The quantitative estimate of drug-likeness (QED) is 0.467. The predicted octanol–water partition coefficient (Wildman–Crippen LogP) is 4.04. The van der Waals surface area contributed by atoms with Crippen LogP contribution in [-0.2, 0) is 4.79 Å². The number of nitrogens with zero attached hydrogens (tertiary/aromatic N) is 3. The van der Waals surface area contributed by atoms with E-state index in [1.807, 2.05) is 70.2 Å². The summed E-state index contributed by atoms with van der Waals surface area (Å²) in [4.78, 5) is 32.5. The summed E-state index contributed by atoms with van der Waals surface area (Å²) in [5.74, 6) is 0.0489. The molecule has 6 heteroatoms. The van der Waals surface area contributed by atoms with Crippen LogP contribution in [0.15, 0.2) is 58.5 Å². The first-order chi connectivity index (χ1) is 13.5. The van der Waals surface area contributed by atoms with Crippen molar-refractivity contribution in [2.45, 2.75) is 38.1 Å². The molecular weight excluding hydrogens is 370 g/mol. The second kappa shape index (κ2) is 8.61. The number of thioether (sulfide) groups is 1. The van der Waals surface area contributed by atoms with Gasteiger partial charge in [0.1, 0.15) is 0 Å². The number of carbonyl (C=O) groups is 1. The van der Waals surface area contributed by atoms with Gasteiger partial charge in [-0.25, -0.2) is 4.98 Å². The second-order valence-corrected chi connectivity index (χ2v) is 7.97. The molecule has 0 radical (unpaired) electrons. The van der Waals surface area contributed by atoms with Crippen LogP contribution in [-0.4, -0.2) is 38.7 Å². The molecule has 1 heterocycles. The molecular formula is C22H25N3O2S. The number of rotatable bonds is 6. The third-order valence-electron chi connectivity index (χ3n) is 4.74. The Hall–Kier alpha value is -2.60. The van der Waals surface area contributed by atoms with E-state index in [2.05, 4.69) is 0 Å². The lowest BCUT2D eigenvalue weighted by Gasteiger charge is -2.23. The molecule has 2 aromatic carbocycles. The fraction of sp³-hybridized carbons (Fsp3) is 0.318. The number of hydrogen-bond acceptors (Lipinski definition) is 4. The fourth-order valence-corrected chi connectivity index (χ4v) is 4.12. The van der Waals surface area contributed by atoms with E-state index in [1.54, 1.807) is 15.5 Å². The van der Waals surface area contributed by atoms with Crippen LogP contribution in [0.4, 0.5) is 0 Å². The van der Waals surface area contributed by atoms with E-state index in [-0.39, 0.29) is 16.7 Å². The molecule has 0 spiro atoms. The molecule has 0 aliphatic carbocycles. The number of hydrogen-bond donors (Lipinski definition) is 0. The highest BCUT2D eigenvalue weighted by molar-refractivity contribution is 8.00. The van der Waals surface area contributed by atoms with Crippen LogP contribution < -0.4 is 5.56 Å². The topological polar surface area (TPSA) is 55.2 Å². The van der Waals surface area contributed by atoms with Gasteiger partial charge in [0, 0.05) is 13.1 Å². The van der Waals surface area contributed by atoms with Crippen LogP contribution in [0.2, 0.25) is 0 Å². The normalized spacial score (nSPS) is 12.1. The number of aryl methyl sites for hydroxylation is 1. The van der Waals surface area contributed by atoms with E-state index in [0.29, 0.717) is 29.1 Å². The Morgan fingerprint density at radius 1 is 1.11 bits per heavy atom. The minimum atomic E-state index is -0.343. The highest BCUT2D eigenvalue weighted by Crippen LogP contribution is 2.26. The second-order valence-electron chi connectivity index (χ2n) is 6.66. The number of fused-ring (bicyclic) bond motifs is 1. The lowest BCUT2D eigenvalue weighted by atomic mass is 10.2. The molecule has 0 fully saturated rings. The number of para-hydroxylation sites is 1. The van der Waals surface area contributed by atoms with Crippen molar-refractivity contribution in [2.24, 2.45) is 0 Å². The SMILES string of the molecule is CCN(CC)C(=O)C(C)Sc1nc2ccccc2c(=O)n1-c1ccc(C)cc1. The predicted molar refractivity (Wildman–Crippen MR) is 115 cm³/mol. The molecule has 5 nitrogen and oxygen atoms in total. The Kier molecular flexibility index (Phi) is 6.19. The summed E-state index contributed by atoms with van der Waals surface area (Å²) in [6, 6.07) is 15.1. The Balaban J connectivity index is 2.12. The van der Waals surface area contributed by atoms with Crippen LogP contribution >= 0.6 is 11.8 Å². The highest BCUT2D eigenvalue weighted by Gasteiger charge is 2.23. The summed E-state index contributed by atoms with van der Waals surface area (Å²) in [5.41, 5.74) is 2.38. The summed E-state index contributed by atoms with van der Waals surface area (Å²) in [7, 11) is 0. The van der Waals surface area contributed by atoms with E-state index < -0.39 is 0 Å². The Morgan fingerprint density at radius 3 is 2.39 bits per heavy atom. The van der Waals surface area contributed by atoms with Gasteiger partial charge in [0.2, 0.25) is 5.91 Å². The number of aromatic nitrogens is 2. The monoisotopic (exact) mass is 395 g/mol. The minimum Gasteiger partial charge on any atom is -0.342 e. The zero-order valence-corrected chi connectivity index (χ0v) is 17.5. The van der Waals surface area contributed by atoms with Gasteiger partial charge in [-0.05, 0) is 52.0 Å². The zero-order chi connectivity index (χ0) is 20.3. The lowest BCUT2D eigenvalue weighted by molar-refractivity contribution is -0.129. The molecule has 0 aliphatic heterocycles. The van der Waals surface area contributed by atoms with E-state index in [4.69, 9.17) is 4.98 Å². The molecule has 0 aliphatic rings. The van der Waals surface area contributed by atoms with Gasteiger partial charge < -0.3 is 4.90 Å². The Morgan fingerprint density at radius 2 is 1.75 bits per heavy atom. The van der Waals surface area contributed by atoms with Crippen molar-refractivity contribution in [1.82, 2.24) is 14.5 Å². The smallest absolute Gasteiger partial charge is 0.266 e. The summed E-state index contributed by atoms with van der Waals surface area (Å²) in [6.45, 7) is 9.13. The molecule has 1 aromatic heterocycles. The molecule has 0 N–H and O–H groups in total. The molecule has 0 saturated carbocycles. The van der Waals surface area contributed by atoms with Crippen molar-refractivity contribution in [2.75, 3.05) is 13.1 Å². The first-order valence-corrected chi connectivity index (χ1v) is 10.4.